The number of nitrogens with one attached hydrogen (secondary N) is 1. The van der Waals surface area contributed by atoms with E-state index in [9.17, 15) is 0 Å². The molecule has 4 nitrogen and oxygen atoms in total. The van der Waals surface area contributed by atoms with Crippen molar-refractivity contribution in [2.24, 2.45) is 0 Å². The minimum absolute atomic E-state index is 0.856. The molecule has 1 N–H and O–H groups in total. The third-order valence-corrected chi connectivity index (χ3v) is 5.51. The molecule has 0 bridgehead atoms. The van der Waals surface area contributed by atoms with E-state index in [2.05, 4.69) is 51.0 Å². The summed E-state index contributed by atoms with van der Waals surface area (Å²) in [7, 11) is 0. The number of nitrogens with zero attached hydrogens (tertiary/aromatic N) is 3. The Hall–Kier alpha value is -2.24. The Bertz CT molecular complexity index is 909. The zero-order valence-corrected chi connectivity index (χ0v) is 15.3. The molecule has 1 aliphatic heterocycles. The van der Waals surface area contributed by atoms with Gasteiger partial charge in [0.05, 0.1) is 9.88 Å². The second kappa shape index (κ2) is 6.94. The maximum absolute atomic E-state index is 4.53. The molecule has 1 fully saturated rings. The Balaban J connectivity index is 1.54. The molecule has 0 amide bonds. The smallest absolute Gasteiger partial charge is 0.130 e. The number of hydrogen-bond donors (Lipinski definition) is 1. The molecule has 1 aromatic carbocycles. The van der Waals surface area contributed by atoms with Gasteiger partial charge in [-0.05, 0) is 55.9 Å². The Kier molecular flexibility index (Phi) is 4.51. The normalized spacial score (nSPS) is 14.9. The van der Waals surface area contributed by atoms with Crippen molar-refractivity contribution in [3.8, 4) is 10.4 Å². The van der Waals surface area contributed by atoms with Crippen LogP contribution in [0.25, 0.3) is 21.2 Å². The molecule has 3 aromatic rings. The van der Waals surface area contributed by atoms with Crippen molar-refractivity contribution in [1.82, 2.24) is 14.9 Å². The molecule has 2 aromatic heterocycles. The van der Waals surface area contributed by atoms with Gasteiger partial charge in [0.15, 0.2) is 0 Å². The number of aryl methyl sites for hydroxylation is 1. The molecular formula is C20H22N4S. The number of pyridine rings is 1. The van der Waals surface area contributed by atoms with Crippen molar-refractivity contribution < 1.29 is 0 Å². The SMILES string of the molecule is C=C(CN1CCCC1)Nc1cc2cc(-c3cnc(C)s3)ccc2cn1. The van der Waals surface area contributed by atoms with E-state index in [-0.39, 0.29) is 0 Å². The first-order chi connectivity index (χ1) is 12.2. The maximum Gasteiger partial charge on any atom is 0.130 e. The van der Waals surface area contributed by atoms with Gasteiger partial charge >= 0.3 is 0 Å². The van der Waals surface area contributed by atoms with Crippen LogP contribution in [0.5, 0.6) is 0 Å². The van der Waals surface area contributed by atoms with Gasteiger partial charge in [0.1, 0.15) is 5.82 Å². The van der Waals surface area contributed by atoms with Crippen LogP contribution in [0.2, 0.25) is 0 Å². The van der Waals surface area contributed by atoms with Crippen molar-refractivity contribution in [3.05, 3.63) is 53.9 Å². The van der Waals surface area contributed by atoms with E-state index in [1.807, 2.05) is 19.3 Å². The molecule has 5 heteroatoms. The molecule has 0 saturated carbocycles. The quantitative estimate of drug-likeness (QED) is 0.725. The highest BCUT2D eigenvalue weighted by Crippen LogP contribution is 2.29. The van der Waals surface area contributed by atoms with Crippen molar-refractivity contribution in [2.45, 2.75) is 19.8 Å². The summed E-state index contributed by atoms with van der Waals surface area (Å²) in [4.78, 5) is 12.5. The lowest BCUT2D eigenvalue weighted by molar-refractivity contribution is 0.370. The number of benzene rings is 1. The number of aromatic nitrogens is 2. The fourth-order valence-corrected chi connectivity index (χ4v) is 4.06. The number of rotatable bonds is 5. The first kappa shape index (κ1) is 16.2. The molecule has 4 rings (SSSR count). The lowest BCUT2D eigenvalue weighted by atomic mass is 10.1. The highest BCUT2D eigenvalue weighted by molar-refractivity contribution is 7.15. The summed E-state index contributed by atoms with van der Waals surface area (Å²) in [6.45, 7) is 9.43. The van der Waals surface area contributed by atoms with Crippen LogP contribution in [0.1, 0.15) is 17.8 Å². The molecule has 0 radical (unpaired) electrons. The topological polar surface area (TPSA) is 41.0 Å². The van der Waals surface area contributed by atoms with Crippen LogP contribution in [-0.4, -0.2) is 34.5 Å². The summed E-state index contributed by atoms with van der Waals surface area (Å²) in [6.07, 6.45) is 6.45. The molecule has 25 heavy (non-hydrogen) atoms. The van der Waals surface area contributed by atoms with Gasteiger partial charge in [-0.1, -0.05) is 18.7 Å². The van der Waals surface area contributed by atoms with E-state index < -0.39 is 0 Å². The molecule has 0 unspecified atom stereocenters. The largest absolute Gasteiger partial charge is 0.343 e. The fraction of sp³-hybridized carbons (Fsp3) is 0.300. The predicted molar refractivity (Wildman–Crippen MR) is 106 cm³/mol. The highest BCUT2D eigenvalue weighted by atomic mass is 32.1. The average Bonchev–Trinajstić information content (AvgIpc) is 3.26. The summed E-state index contributed by atoms with van der Waals surface area (Å²) in [5.41, 5.74) is 2.20. The Morgan fingerprint density at radius 3 is 2.76 bits per heavy atom. The van der Waals surface area contributed by atoms with Crippen molar-refractivity contribution in [3.63, 3.8) is 0 Å². The monoisotopic (exact) mass is 350 g/mol. The average molecular weight is 350 g/mol. The number of thiazole rings is 1. The number of hydrogen-bond acceptors (Lipinski definition) is 5. The van der Waals surface area contributed by atoms with E-state index in [0.29, 0.717) is 0 Å². The highest BCUT2D eigenvalue weighted by Gasteiger charge is 2.12. The van der Waals surface area contributed by atoms with Gasteiger partial charge in [-0.2, -0.15) is 0 Å². The number of fused-ring (bicyclic) bond motifs is 1. The second-order valence-corrected chi connectivity index (χ2v) is 7.82. The van der Waals surface area contributed by atoms with Gasteiger partial charge in [0, 0.05) is 30.0 Å². The number of anilines is 1. The third kappa shape index (κ3) is 3.72. The zero-order valence-electron chi connectivity index (χ0n) is 14.5. The van der Waals surface area contributed by atoms with Crippen molar-refractivity contribution in [1.29, 1.82) is 0 Å². The molecule has 0 aliphatic carbocycles. The zero-order chi connectivity index (χ0) is 17.2. The van der Waals surface area contributed by atoms with Gasteiger partial charge < -0.3 is 5.32 Å². The van der Waals surface area contributed by atoms with Crippen LogP contribution in [0.3, 0.4) is 0 Å². The minimum atomic E-state index is 0.856. The van der Waals surface area contributed by atoms with E-state index in [0.717, 1.165) is 28.5 Å². The molecular weight excluding hydrogens is 328 g/mol. The molecule has 0 spiro atoms. The molecule has 0 atom stereocenters. The van der Waals surface area contributed by atoms with Crippen molar-refractivity contribution in [2.75, 3.05) is 25.0 Å². The van der Waals surface area contributed by atoms with Gasteiger partial charge in [-0.3, -0.25) is 4.90 Å². The van der Waals surface area contributed by atoms with Crippen molar-refractivity contribution >= 4 is 27.9 Å². The van der Waals surface area contributed by atoms with E-state index in [1.54, 1.807) is 11.3 Å². The Morgan fingerprint density at radius 2 is 2.00 bits per heavy atom. The van der Waals surface area contributed by atoms with Crippen LogP contribution in [0.15, 0.2) is 48.9 Å². The third-order valence-electron chi connectivity index (χ3n) is 4.55. The van der Waals surface area contributed by atoms with E-state index >= 15 is 0 Å². The van der Waals surface area contributed by atoms with Crippen LogP contribution < -0.4 is 5.32 Å². The number of likely N-dealkylation sites (tertiary alicyclic amines) is 1. The summed E-state index contributed by atoms with van der Waals surface area (Å²) >= 11 is 1.72. The lowest BCUT2D eigenvalue weighted by Gasteiger charge is -2.17. The van der Waals surface area contributed by atoms with Crippen LogP contribution >= 0.6 is 11.3 Å². The Morgan fingerprint density at radius 1 is 1.16 bits per heavy atom. The van der Waals surface area contributed by atoms with Gasteiger partial charge in [0.25, 0.3) is 0 Å². The minimum Gasteiger partial charge on any atom is -0.343 e. The summed E-state index contributed by atoms with van der Waals surface area (Å²) in [6, 6.07) is 8.56. The molecule has 1 aliphatic rings. The lowest BCUT2D eigenvalue weighted by Crippen LogP contribution is -2.24. The second-order valence-electron chi connectivity index (χ2n) is 6.59. The standard InChI is InChI=1S/C20H22N4S/c1-14(13-24-7-3-4-8-24)23-20-10-18-9-16(5-6-17(18)11-22-20)19-12-21-15(2)25-19/h5-6,9-12H,1,3-4,7-8,13H2,2H3,(H,22,23). The van der Waals surface area contributed by atoms with Gasteiger partial charge in [-0.15, -0.1) is 11.3 Å². The van der Waals surface area contributed by atoms with Gasteiger partial charge in [0.2, 0.25) is 0 Å². The first-order valence-electron chi connectivity index (χ1n) is 8.67. The van der Waals surface area contributed by atoms with Gasteiger partial charge in [-0.25, -0.2) is 9.97 Å². The first-order valence-corrected chi connectivity index (χ1v) is 9.49. The molecule has 1 saturated heterocycles. The Labute approximate surface area is 152 Å². The molecule has 128 valence electrons. The van der Waals surface area contributed by atoms with Crippen LogP contribution in [0.4, 0.5) is 5.82 Å². The summed E-state index contributed by atoms with van der Waals surface area (Å²) in [5.74, 6) is 0.856. The summed E-state index contributed by atoms with van der Waals surface area (Å²) in [5, 5.41) is 6.77. The molecule has 3 heterocycles. The van der Waals surface area contributed by atoms with Crippen LogP contribution in [0, 0.1) is 6.92 Å². The maximum atomic E-state index is 4.53. The summed E-state index contributed by atoms with van der Waals surface area (Å²) < 4.78 is 0. The van der Waals surface area contributed by atoms with Crippen LogP contribution in [-0.2, 0) is 0 Å². The van der Waals surface area contributed by atoms with E-state index in [1.165, 1.54) is 41.8 Å². The fourth-order valence-electron chi connectivity index (χ4n) is 3.29. The predicted octanol–water partition coefficient (Wildman–Crippen LogP) is 4.69. The van der Waals surface area contributed by atoms with E-state index in [4.69, 9.17) is 0 Å².